The van der Waals surface area contributed by atoms with Crippen LogP contribution in [0, 0.1) is 17.1 Å². The molecule has 25 heavy (non-hydrogen) atoms. The molecule has 5 nitrogen and oxygen atoms in total. The number of guanidine groups is 1. The van der Waals surface area contributed by atoms with Crippen molar-refractivity contribution in [3.8, 4) is 17.2 Å². The van der Waals surface area contributed by atoms with E-state index in [2.05, 4.69) is 4.99 Å². The summed E-state index contributed by atoms with van der Waals surface area (Å²) in [5.41, 5.74) is 12.2. The maximum Gasteiger partial charge on any atom is 0.280 e. The van der Waals surface area contributed by atoms with Crippen molar-refractivity contribution in [3.63, 3.8) is 0 Å². The Bertz CT molecular complexity index is 1050. The summed E-state index contributed by atoms with van der Waals surface area (Å²) in [5, 5.41) is 10.2. The summed E-state index contributed by atoms with van der Waals surface area (Å²) in [4.78, 5) is 15.5. The monoisotopic (exact) mass is 332 g/mol. The second kappa shape index (κ2) is 6.42. The zero-order valence-electron chi connectivity index (χ0n) is 13.0. The van der Waals surface area contributed by atoms with E-state index in [1.165, 1.54) is 6.07 Å². The van der Waals surface area contributed by atoms with E-state index in [0.717, 1.165) is 5.39 Å². The van der Waals surface area contributed by atoms with Crippen LogP contribution in [0.2, 0.25) is 0 Å². The molecule has 1 amide bonds. The summed E-state index contributed by atoms with van der Waals surface area (Å²) in [6.07, 6.45) is 0. The van der Waals surface area contributed by atoms with Gasteiger partial charge in [0.2, 0.25) is 0 Å². The van der Waals surface area contributed by atoms with Gasteiger partial charge in [-0.05, 0) is 46.7 Å². The minimum atomic E-state index is -0.600. The van der Waals surface area contributed by atoms with Crippen LogP contribution in [-0.2, 0) is 0 Å². The first-order valence-corrected chi connectivity index (χ1v) is 7.36. The Morgan fingerprint density at radius 1 is 1.04 bits per heavy atom. The van der Waals surface area contributed by atoms with Crippen molar-refractivity contribution in [2.75, 3.05) is 0 Å². The Morgan fingerprint density at radius 3 is 2.36 bits per heavy atom. The highest BCUT2D eigenvalue weighted by Crippen LogP contribution is 2.32. The highest BCUT2D eigenvalue weighted by atomic mass is 19.1. The molecule has 0 aliphatic rings. The second-order valence-electron chi connectivity index (χ2n) is 5.39. The van der Waals surface area contributed by atoms with Gasteiger partial charge in [0, 0.05) is 11.1 Å². The molecule has 6 heteroatoms. The van der Waals surface area contributed by atoms with Crippen LogP contribution in [0.25, 0.3) is 21.9 Å². The highest BCUT2D eigenvalue weighted by Gasteiger charge is 2.13. The Morgan fingerprint density at radius 2 is 1.72 bits per heavy atom. The summed E-state index contributed by atoms with van der Waals surface area (Å²) in [7, 11) is 0. The van der Waals surface area contributed by atoms with E-state index in [4.69, 9.17) is 16.7 Å². The maximum atomic E-state index is 14.5. The Kier molecular flexibility index (Phi) is 4.14. The topological polar surface area (TPSA) is 105 Å². The van der Waals surface area contributed by atoms with Gasteiger partial charge in [-0.15, -0.1) is 0 Å². The first-order valence-electron chi connectivity index (χ1n) is 7.36. The van der Waals surface area contributed by atoms with Crippen molar-refractivity contribution in [3.05, 3.63) is 71.5 Å². The van der Waals surface area contributed by atoms with Gasteiger partial charge < -0.3 is 11.5 Å². The third kappa shape index (κ3) is 3.16. The number of carbonyl (C=O) groups is 1. The second-order valence-corrected chi connectivity index (χ2v) is 5.39. The maximum absolute atomic E-state index is 14.5. The molecule has 0 aliphatic heterocycles. The number of hydrogen-bond donors (Lipinski definition) is 2. The molecule has 0 aromatic heterocycles. The summed E-state index contributed by atoms with van der Waals surface area (Å²) in [6, 6.07) is 16.4. The predicted molar refractivity (Wildman–Crippen MR) is 94.2 cm³/mol. The van der Waals surface area contributed by atoms with Gasteiger partial charge in [0.25, 0.3) is 5.91 Å². The third-order valence-corrected chi connectivity index (χ3v) is 3.75. The average molecular weight is 332 g/mol. The van der Waals surface area contributed by atoms with E-state index >= 15 is 0 Å². The summed E-state index contributed by atoms with van der Waals surface area (Å²) < 4.78 is 14.5. The van der Waals surface area contributed by atoms with Gasteiger partial charge in [0.15, 0.2) is 5.96 Å². The van der Waals surface area contributed by atoms with Crippen LogP contribution in [-0.4, -0.2) is 11.9 Å². The number of benzene rings is 3. The molecular weight excluding hydrogens is 319 g/mol. The molecule has 3 aromatic rings. The number of nitrogens with two attached hydrogens (primary N) is 2. The molecular formula is C19H13FN4O. The molecule has 3 aromatic carbocycles. The molecule has 0 aliphatic carbocycles. The fourth-order valence-electron chi connectivity index (χ4n) is 2.61. The predicted octanol–water partition coefficient (Wildman–Crippen LogP) is 2.93. The van der Waals surface area contributed by atoms with Crippen molar-refractivity contribution in [1.29, 1.82) is 5.26 Å². The van der Waals surface area contributed by atoms with Crippen LogP contribution in [0.5, 0.6) is 0 Å². The zero-order valence-corrected chi connectivity index (χ0v) is 13.0. The summed E-state index contributed by atoms with van der Waals surface area (Å²) in [6.45, 7) is 0. The Balaban J connectivity index is 2.22. The van der Waals surface area contributed by atoms with Gasteiger partial charge in [0.1, 0.15) is 5.82 Å². The Labute approximate surface area is 143 Å². The van der Waals surface area contributed by atoms with Crippen molar-refractivity contribution in [2.24, 2.45) is 16.5 Å². The molecule has 122 valence electrons. The molecule has 0 saturated carbocycles. The molecule has 0 atom stereocenters. The number of halogens is 1. The molecule has 0 fully saturated rings. The van der Waals surface area contributed by atoms with Crippen molar-refractivity contribution in [2.45, 2.75) is 0 Å². The van der Waals surface area contributed by atoms with Crippen molar-refractivity contribution < 1.29 is 9.18 Å². The number of nitrogens with zero attached hydrogens (tertiary/aromatic N) is 2. The zero-order chi connectivity index (χ0) is 18.0. The van der Waals surface area contributed by atoms with Gasteiger partial charge in [-0.1, -0.05) is 24.3 Å². The van der Waals surface area contributed by atoms with E-state index in [0.29, 0.717) is 22.1 Å². The first-order chi connectivity index (χ1) is 12.0. The van der Waals surface area contributed by atoms with Crippen LogP contribution in [0.1, 0.15) is 15.9 Å². The van der Waals surface area contributed by atoms with Crippen LogP contribution < -0.4 is 11.5 Å². The Hall–Kier alpha value is -3.72. The van der Waals surface area contributed by atoms with E-state index in [-0.39, 0.29) is 11.5 Å². The third-order valence-electron chi connectivity index (χ3n) is 3.75. The molecule has 4 N–H and O–H groups in total. The van der Waals surface area contributed by atoms with Gasteiger partial charge in [-0.3, -0.25) is 4.79 Å². The average Bonchev–Trinajstić information content (AvgIpc) is 2.60. The van der Waals surface area contributed by atoms with Crippen LogP contribution >= 0.6 is 0 Å². The summed E-state index contributed by atoms with van der Waals surface area (Å²) >= 11 is 0. The number of rotatable bonds is 2. The molecule has 0 saturated heterocycles. The number of fused-ring (bicyclic) bond motifs is 1. The van der Waals surface area contributed by atoms with Crippen LogP contribution in [0.15, 0.2) is 59.6 Å². The highest BCUT2D eigenvalue weighted by molar-refractivity contribution is 6.06. The van der Waals surface area contributed by atoms with E-state index in [1.54, 1.807) is 48.5 Å². The number of hydrogen-bond acceptors (Lipinski definition) is 2. The van der Waals surface area contributed by atoms with E-state index in [9.17, 15) is 9.18 Å². The lowest BCUT2D eigenvalue weighted by molar-refractivity contribution is 0.100. The van der Waals surface area contributed by atoms with E-state index < -0.39 is 11.7 Å². The molecule has 0 unspecified atom stereocenters. The fraction of sp³-hybridized carbons (Fsp3) is 0. The number of carbonyl (C=O) groups excluding carboxylic acids is 1. The van der Waals surface area contributed by atoms with Crippen LogP contribution in [0.4, 0.5) is 4.39 Å². The minimum absolute atomic E-state index is 0.251. The van der Waals surface area contributed by atoms with Crippen molar-refractivity contribution in [1.82, 2.24) is 0 Å². The fourth-order valence-corrected chi connectivity index (χ4v) is 2.61. The van der Waals surface area contributed by atoms with Gasteiger partial charge >= 0.3 is 0 Å². The molecule has 3 rings (SSSR count). The smallest absolute Gasteiger partial charge is 0.280 e. The van der Waals surface area contributed by atoms with Crippen LogP contribution in [0.3, 0.4) is 0 Å². The summed E-state index contributed by atoms with van der Waals surface area (Å²) in [5.74, 6) is -1.36. The largest absolute Gasteiger partial charge is 0.370 e. The van der Waals surface area contributed by atoms with Gasteiger partial charge in [-0.2, -0.15) is 10.3 Å². The molecule has 0 spiro atoms. The lowest BCUT2D eigenvalue weighted by atomic mass is 9.95. The SMILES string of the molecule is N#Cc1ccc(-c2c(F)ccc3ccc(C(=O)N=C(N)N)cc23)cc1. The van der Waals surface area contributed by atoms with Crippen molar-refractivity contribution >= 4 is 22.6 Å². The van der Waals surface area contributed by atoms with Gasteiger partial charge in [-0.25, -0.2) is 4.39 Å². The standard InChI is InChI=1S/C19H13FN4O/c20-16-8-7-12-5-6-14(18(25)24-19(22)23)9-15(12)17(16)13-3-1-11(10-21)2-4-13/h1-9H,(H4,22,23,24,25). The van der Waals surface area contributed by atoms with Gasteiger partial charge in [0.05, 0.1) is 11.6 Å². The number of aliphatic imine (C=N–C) groups is 1. The normalized spacial score (nSPS) is 10.2. The number of nitriles is 1. The minimum Gasteiger partial charge on any atom is -0.370 e. The molecule has 0 radical (unpaired) electrons. The number of amides is 1. The quantitative estimate of drug-likeness (QED) is 0.556. The molecule has 0 bridgehead atoms. The lowest BCUT2D eigenvalue weighted by Gasteiger charge is -2.10. The first kappa shape index (κ1) is 16.1. The van der Waals surface area contributed by atoms with E-state index in [1.807, 2.05) is 6.07 Å². The lowest BCUT2D eigenvalue weighted by Crippen LogP contribution is -2.24. The molecule has 0 heterocycles.